The summed E-state index contributed by atoms with van der Waals surface area (Å²) in [5.41, 5.74) is 0.247. The zero-order valence-electron chi connectivity index (χ0n) is 15.2. The number of hydrogen-bond acceptors (Lipinski definition) is 6. The summed E-state index contributed by atoms with van der Waals surface area (Å²) >= 11 is 0. The van der Waals surface area contributed by atoms with Crippen LogP contribution in [0.1, 0.15) is 23.2 Å². The molecule has 7 nitrogen and oxygen atoms in total. The molecule has 0 radical (unpaired) electrons. The smallest absolute Gasteiger partial charge is 0.343 e. The van der Waals surface area contributed by atoms with Crippen LogP contribution in [0.25, 0.3) is 0 Å². The number of ether oxygens (including phenoxy) is 3. The second-order valence-corrected chi connectivity index (χ2v) is 8.01. The molecule has 0 saturated carbocycles. The Hall–Kier alpha value is -2.58. The molecule has 1 heterocycles. The van der Waals surface area contributed by atoms with Gasteiger partial charge in [-0.15, -0.1) is 0 Å². The lowest BCUT2D eigenvalue weighted by molar-refractivity contribution is 0.0734. The molecule has 1 fully saturated rings. The predicted molar refractivity (Wildman–Crippen MR) is 98.9 cm³/mol. The molecule has 2 aromatic rings. The lowest BCUT2D eigenvalue weighted by atomic mass is 10.2. The van der Waals surface area contributed by atoms with Gasteiger partial charge in [0, 0.05) is 31.3 Å². The number of hydrogen-bond donors (Lipinski definition) is 0. The van der Waals surface area contributed by atoms with Crippen LogP contribution in [0.15, 0.2) is 47.4 Å². The minimum Gasteiger partial charge on any atom is -0.496 e. The summed E-state index contributed by atoms with van der Waals surface area (Å²) in [6.45, 7) is 1.06. The first-order chi connectivity index (χ1) is 12.9. The topological polar surface area (TPSA) is 82.1 Å². The summed E-state index contributed by atoms with van der Waals surface area (Å²) in [7, 11) is -0.510. The number of rotatable bonds is 6. The molecule has 0 aliphatic carbocycles. The van der Waals surface area contributed by atoms with E-state index in [1.165, 1.54) is 42.8 Å². The number of sulfonamides is 1. The fraction of sp³-hybridized carbons (Fsp3) is 0.316. The van der Waals surface area contributed by atoms with Crippen molar-refractivity contribution in [3.63, 3.8) is 0 Å². The van der Waals surface area contributed by atoms with Crippen LogP contribution >= 0.6 is 0 Å². The molecule has 144 valence electrons. The maximum absolute atomic E-state index is 12.5. The van der Waals surface area contributed by atoms with Crippen LogP contribution in [0.3, 0.4) is 0 Å². The van der Waals surface area contributed by atoms with Crippen molar-refractivity contribution in [2.75, 3.05) is 27.3 Å². The Bertz CT molecular complexity index is 895. The van der Waals surface area contributed by atoms with Crippen LogP contribution in [0.5, 0.6) is 17.2 Å². The zero-order valence-corrected chi connectivity index (χ0v) is 16.0. The summed E-state index contributed by atoms with van der Waals surface area (Å²) < 4.78 is 42.2. The van der Waals surface area contributed by atoms with Gasteiger partial charge < -0.3 is 14.2 Å². The molecule has 0 N–H and O–H groups in total. The van der Waals surface area contributed by atoms with Gasteiger partial charge in [0.25, 0.3) is 0 Å². The number of carbonyl (C=O) groups excluding carboxylic acids is 1. The van der Waals surface area contributed by atoms with Crippen molar-refractivity contribution in [2.45, 2.75) is 17.7 Å². The highest BCUT2D eigenvalue weighted by Crippen LogP contribution is 2.28. The average Bonchev–Trinajstić information content (AvgIpc) is 3.23. The molecule has 1 aliphatic heterocycles. The average molecular weight is 391 g/mol. The van der Waals surface area contributed by atoms with Crippen LogP contribution in [0.4, 0.5) is 0 Å². The fourth-order valence-corrected chi connectivity index (χ4v) is 4.36. The molecule has 2 aromatic carbocycles. The van der Waals surface area contributed by atoms with Gasteiger partial charge in [0.1, 0.15) is 17.2 Å². The van der Waals surface area contributed by atoms with E-state index in [4.69, 9.17) is 14.2 Å². The minimum atomic E-state index is -3.51. The van der Waals surface area contributed by atoms with Crippen molar-refractivity contribution < 1.29 is 27.4 Å². The second-order valence-electron chi connectivity index (χ2n) is 6.07. The fourth-order valence-electron chi connectivity index (χ4n) is 2.85. The van der Waals surface area contributed by atoms with Crippen LogP contribution in [-0.2, 0) is 10.0 Å². The van der Waals surface area contributed by atoms with E-state index in [0.29, 0.717) is 24.6 Å². The first kappa shape index (κ1) is 19.2. The Morgan fingerprint density at radius 1 is 0.889 bits per heavy atom. The third kappa shape index (κ3) is 4.23. The Kier molecular flexibility index (Phi) is 5.67. The molecule has 0 spiro atoms. The van der Waals surface area contributed by atoms with Crippen LogP contribution in [0.2, 0.25) is 0 Å². The Labute approximate surface area is 158 Å². The van der Waals surface area contributed by atoms with E-state index in [1.54, 1.807) is 18.2 Å². The highest BCUT2D eigenvalue weighted by molar-refractivity contribution is 7.89. The van der Waals surface area contributed by atoms with Gasteiger partial charge in [0.2, 0.25) is 10.0 Å². The first-order valence-electron chi connectivity index (χ1n) is 8.49. The van der Waals surface area contributed by atoms with Crippen molar-refractivity contribution >= 4 is 16.0 Å². The number of methoxy groups -OCH3 is 2. The summed E-state index contributed by atoms with van der Waals surface area (Å²) in [5.74, 6) is 0.647. The predicted octanol–water partition coefficient (Wildman–Crippen LogP) is 2.71. The Morgan fingerprint density at radius 2 is 1.41 bits per heavy atom. The van der Waals surface area contributed by atoms with Gasteiger partial charge in [-0.3, -0.25) is 0 Å². The van der Waals surface area contributed by atoms with E-state index in [0.717, 1.165) is 12.8 Å². The first-order valence-corrected chi connectivity index (χ1v) is 9.93. The third-order valence-corrected chi connectivity index (χ3v) is 6.24. The van der Waals surface area contributed by atoms with Gasteiger partial charge >= 0.3 is 5.97 Å². The molecular formula is C19H21NO6S. The van der Waals surface area contributed by atoms with Crippen molar-refractivity contribution in [3.05, 3.63) is 48.0 Å². The van der Waals surface area contributed by atoms with E-state index in [9.17, 15) is 13.2 Å². The zero-order chi connectivity index (χ0) is 19.4. The Morgan fingerprint density at radius 3 is 1.93 bits per heavy atom. The van der Waals surface area contributed by atoms with Crippen molar-refractivity contribution in [2.24, 2.45) is 0 Å². The van der Waals surface area contributed by atoms with Gasteiger partial charge in [-0.2, -0.15) is 4.31 Å². The number of esters is 1. The molecular weight excluding hydrogens is 370 g/mol. The molecule has 27 heavy (non-hydrogen) atoms. The van der Waals surface area contributed by atoms with Crippen LogP contribution in [-0.4, -0.2) is 46.0 Å². The van der Waals surface area contributed by atoms with Gasteiger partial charge in [0.15, 0.2) is 0 Å². The summed E-state index contributed by atoms with van der Waals surface area (Å²) in [5, 5.41) is 0. The van der Waals surface area contributed by atoms with E-state index < -0.39 is 16.0 Å². The van der Waals surface area contributed by atoms with Gasteiger partial charge in [-0.25, -0.2) is 13.2 Å². The van der Waals surface area contributed by atoms with E-state index in [1.807, 2.05) is 0 Å². The van der Waals surface area contributed by atoms with Gasteiger partial charge in [-0.1, -0.05) is 0 Å². The standard InChI is InChI=1S/C19H21NO6S/c1-24-15-11-16(25-2)13-17(12-15)26-19(21)14-5-7-18(8-6-14)27(22,23)20-9-3-4-10-20/h5-8,11-13H,3-4,9-10H2,1-2H3. The van der Waals surface area contributed by atoms with E-state index >= 15 is 0 Å². The maximum Gasteiger partial charge on any atom is 0.343 e. The summed E-state index contributed by atoms with van der Waals surface area (Å²) in [4.78, 5) is 12.5. The summed E-state index contributed by atoms with van der Waals surface area (Å²) in [6, 6.07) is 10.5. The normalized spacial score (nSPS) is 14.7. The van der Waals surface area contributed by atoms with Crippen molar-refractivity contribution in [1.29, 1.82) is 0 Å². The van der Waals surface area contributed by atoms with Gasteiger partial charge in [-0.05, 0) is 37.1 Å². The van der Waals surface area contributed by atoms with E-state index in [-0.39, 0.29) is 16.2 Å². The molecule has 0 aromatic heterocycles. The number of carbonyl (C=O) groups is 1. The lowest BCUT2D eigenvalue weighted by Crippen LogP contribution is -2.27. The van der Waals surface area contributed by atoms with Crippen molar-refractivity contribution in [1.82, 2.24) is 4.31 Å². The Balaban J connectivity index is 1.76. The van der Waals surface area contributed by atoms with Crippen LogP contribution < -0.4 is 14.2 Å². The van der Waals surface area contributed by atoms with Gasteiger partial charge in [0.05, 0.1) is 24.7 Å². The molecule has 1 aliphatic rings. The SMILES string of the molecule is COc1cc(OC)cc(OC(=O)c2ccc(S(=O)(=O)N3CCCC3)cc2)c1. The quantitative estimate of drug-likeness (QED) is 0.556. The van der Waals surface area contributed by atoms with E-state index in [2.05, 4.69) is 0 Å². The molecule has 0 atom stereocenters. The molecule has 1 saturated heterocycles. The molecule has 8 heteroatoms. The van der Waals surface area contributed by atoms with Crippen LogP contribution in [0, 0.1) is 0 Å². The molecule has 0 unspecified atom stereocenters. The second kappa shape index (κ2) is 7.98. The monoisotopic (exact) mass is 391 g/mol. The lowest BCUT2D eigenvalue weighted by Gasteiger charge is -2.15. The maximum atomic E-state index is 12.5. The minimum absolute atomic E-state index is 0.170. The highest BCUT2D eigenvalue weighted by Gasteiger charge is 2.27. The highest BCUT2D eigenvalue weighted by atomic mass is 32.2. The molecule has 0 amide bonds. The van der Waals surface area contributed by atoms with Crippen molar-refractivity contribution in [3.8, 4) is 17.2 Å². The summed E-state index contributed by atoms with van der Waals surface area (Å²) in [6.07, 6.45) is 1.74. The molecule has 0 bridgehead atoms. The number of benzene rings is 2. The largest absolute Gasteiger partial charge is 0.496 e. The molecule has 3 rings (SSSR count). The number of nitrogens with zero attached hydrogens (tertiary/aromatic N) is 1. The third-order valence-electron chi connectivity index (χ3n) is 4.33.